The van der Waals surface area contributed by atoms with E-state index in [2.05, 4.69) is 45.7 Å². The molecule has 0 radical (unpaired) electrons. The van der Waals surface area contributed by atoms with Crippen LogP contribution < -0.4 is 14.8 Å². The van der Waals surface area contributed by atoms with Gasteiger partial charge in [0.2, 0.25) is 0 Å². The number of fused-ring (bicyclic) bond motifs is 1. The molecule has 0 aliphatic heterocycles. The molecule has 0 aliphatic rings. The molecule has 0 bridgehead atoms. The average molecular weight is 373 g/mol. The molecule has 2 N–H and O–H groups in total. The number of benzene rings is 2. The van der Waals surface area contributed by atoms with Crippen molar-refractivity contribution in [3.8, 4) is 17.2 Å². The molecule has 28 heavy (non-hydrogen) atoms. The van der Waals surface area contributed by atoms with Gasteiger partial charge in [-0.1, -0.05) is 12.1 Å². The van der Waals surface area contributed by atoms with Gasteiger partial charge in [-0.25, -0.2) is 0 Å². The lowest BCUT2D eigenvalue weighted by Gasteiger charge is -2.08. The second-order valence-corrected chi connectivity index (χ2v) is 6.59. The van der Waals surface area contributed by atoms with Crippen LogP contribution in [0.3, 0.4) is 0 Å². The summed E-state index contributed by atoms with van der Waals surface area (Å²) in [7, 11) is 1.70. The average Bonchev–Trinajstić information content (AvgIpc) is 3.14. The zero-order valence-electron chi connectivity index (χ0n) is 15.8. The quantitative estimate of drug-likeness (QED) is 0.440. The van der Waals surface area contributed by atoms with Gasteiger partial charge in [0, 0.05) is 29.8 Å². The molecular formula is C23H23N3O2. The number of nitrogens with zero attached hydrogens (tertiary/aromatic N) is 1. The number of ether oxygens (including phenoxy) is 2. The van der Waals surface area contributed by atoms with Crippen LogP contribution in [0.15, 0.2) is 73.2 Å². The molecule has 0 aliphatic carbocycles. The summed E-state index contributed by atoms with van der Waals surface area (Å²) in [6, 6.07) is 18.0. The fourth-order valence-corrected chi connectivity index (χ4v) is 3.21. The number of hydrogen-bond acceptors (Lipinski definition) is 4. The number of aromatic amines is 1. The molecule has 0 atom stereocenters. The van der Waals surface area contributed by atoms with Crippen LogP contribution >= 0.6 is 0 Å². The first kappa shape index (κ1) is 18.1. The van der Waals surface area contributed by atoms with E-state index in [9.17, 15) is 0 Å². The molecule has 142 valence electrons. The molecule has 2 aromatic heterocycles. The van der Waals surface area contributed by atoms with E-state index in [1.54, 1.807) is 19.5 Å². The zero-order chi connectivity index (χ0) is 19.2. The van der Waals surface area contributed by atoms with Crippen molar-refractivity contribution in [2.75, 3.05) is 13.7 Å². The fourth-order valence-electron chi connectivity index (χ4n) is 3.21. The SMILES string of the molecule is COc1ccc2[nH]cc(CCNCc3cccc(Oc4cccnc4)c3)c2c1. The van der Waals surface area contributed by atoms with Crippen molar-refractivity contribution < 1.29 is 9.47 Å². The molecule has 5 nitrogen and oxygen atoms in total. The number of aromatic nitrogens is 2. The number of pyridine rings is 1. The lowest BCUT2D eigenvalue weighted by atomic mass is 10.1. The van der Waals surface area contributed by atoms with Crippen LogP contribution in [0.2, 0.25) is 0 Å². The summed E-state index contributed by atoms with van der Waals surface area (Å²) in [5.74, 6) is 2.44. The maximum atomic E-state index is 5.85. The number of rotatable bonds is 8. The minimum atomic E-state index is 0.738. The van der Waals surface area contributed by atoms with E-state index < -0.39 is 0 Å². The number of methoxy groups -OCH3 is 1. The topological polar surface area (TPSA) is 59.2 Å². The van der Waals surface area contributed by atoms with Crippen molar-refractivity contribution in [1.29, 1.82) is 0 Å². The van der Waals surface area contributed by atoms with E-state index in [0.29, 0.717) is 0 Å². The minimum Gasteiger partial charge on any atom is -0.497 e. The highest BCUT2D eigenvalue weighted by Gasteiger charge is 2.05. The van der Waals surface area contributed by atoms with E-state index in [-0.39, 0.29) is 0 Å². The molecule has 2 heterocycles. The predicted molar refractivity (Wildman–Crippen MR) is 111 cm³/mol. The predicted octanol–water partition coefficient (Wildman–Crippen LogP) is 4.70. The largest absolute Gasteiger partial charge is 0.497 e. The van der Waals surface area contributed by atoms with Crippen LogP contribution in [0.25, 0.3) is 10.9 Å². The van der Waals surface area contributed by atoms with Gasteiger partial charge < -0.3 is 19.8 Å². The Morgan fingerprint density at radius 3 is 2.79 bits per heavy atom. The Morgan fingerprint density at radius 1 is 1.00 bits per heavy atom. The standard InChI is InChI=1S/C23H23N3O2/c1-27-19-7-8-23-22(13-19)18(15-26-23)9-11-25-14-17-4-2-5-20(12-17)28-21-6-3-10-24-16-21/h2-8,10,12-13,15-16,25-26H,9,11,14H2,1H3. The second kappa shape index (κ2) is 8.59. The Balaban J connectivity index is 1.33. The smallest absolute Gasteiger partial charge is 0.145 e. The molecule has 5 heteroatoms. The van der Waals surface area contributed by atoms with Gasteiger partial charge in [0.25, 0.3) is 0 Å². The summed E-state index contributed by atoms with van der Waals surface area (Å²) in [4.78, 5) is 7.40. The van der Waals surface area contributed by atoms with Crippen molar-refractivity contribution in [2.45, 2.75) is 13.0 Å². The van der Waals surface area contributed by atoms with Gasteiger partial charge in [0.05, 0.1) is 13.3 Å². The summed E-state index contributed by atoms with van der Waals surface area (Å²) in [6.45, 7) is 1.67. The molecule has 0 saturated heterocycles. The van der Waals surface area contributed by atoms with Crippen molar-refractivity contribution >= 4 is 10.9 Å². The Kier molecular flexibility index (Phi) is 5.54. The highest BCUT2D eigenvalue weighted by atomic mass is 16.5. The third-order valence-electron chi connectivity index (χ3n) is 4.64. The zero-order valence-corrected chi connectivity index (χ0v) is 15.8. The van der Waals surface area contributed by atoms with Crippen molar-refractivity contribution in [2.24, 2.45) is 0 Å². The molecule has 0 amide bonds. The summed E-state index contributed by atoms with van der Waals surface area (Å²) < 4.78 is 11.2. The Hall–Kier alpha value is -3.31. The van der Waals surface area contributed by atoms with Crippen LogP contribution in [0.1, 0.15) is 11.1 Å². The number of nitrogens with one attached hydrogen (secondary N) is 2. The van der Waals surface area contributed by atoms with Crippen LogP contribution in [0.5, 0.6) is 17.2 Å². The van der Waals surface area contributed by atoms with E-state index in [4.69, 9.17) is 9.47 Å². The normalized spacial score (nSPS) is 10.9. The summed E-state index contributed by atoms with van der Waals surface area (Å²) in [5.41, 5.74) is 3.60. The van der Waals surface area contributed by atoms with E-state index >= 15 is 0 Å². The first-order chi connectivity index (χ1) is 13.8. The van der Waals surface area contributed by atoms with Crippen molar-refractivity contribution in [3.63, 3.8) is 0 Å². The first-order valence-electron chi connectivity index (χ1n) is 9.33. The third kappa shape index (κ3) is 4.32. The number of hydrogen-bond donors (Lipinski definition) is 2. The number of H-pyrrole nitrogens is 1. The highest BCUT2D eigenvalue weighted by molar-refractivity contribution is 5.84. The van der Waals surface area contributed by atoms with Crippen LogP contribution in [0.4, 0.5) is 0 Å². The molecule has 4 aromatic rings. The summed E-state index contributed by atoms with van der Waals surface area (Å²) >= 11 is 0. The molecule has 0 fully saturated rings. The molecule has 0 spiro atoms. The van der Waals surface area contributed by atoms with Crippen LogP contribution in [-0.4, -0.2) is 23.6 Å². The van der Waals surface area contributed by atoms with Gasteiger partial charge in [0.1, 0.15) is 17.2 Å². The van der Waals surface area contributed by atoms with E-state index in [1.165, 1.54) is 16.5 Å². The Bertz CT molecular complexity index is 1040. The van der Waals surface area contributed by atoms with E-state index in [1.807, 2.05) is 30.3 Å². The van der Waals surface area contributed by atoms with Gasteiger partial charge in [-0.2, -0.15) is 0 Å². The van der Waals surface area contributed by atoms with Crippen LogP contribution in [-0.2, 0) is 13.0 Å². The van der Waals surface area contributed by atoms with Crippen molar-refractivity contribution in [1.82, 2.24) is 15.3 Å². The fraction of sp³-hybridized carbons (Fsp3) is 0.174. The van der Waals surface area contributed by atoms with Gasteiger partial charge in [-0.05, 0) is 66.6 Å². The monoisotopic (exact) mass is 373 g/mol. The summed E-state index contributed by atoms with van der Waals surface area (Å²) in [5, 5.41) is 4.73. The lowest BCUT2D eigenvalue weighted by molar-refractivity contribution is 0.415. The molecular weight excluding hydrogens is 350 g/mol. The lowest BCUT2D eigenvalue weighted by Crippen LogP contribution is -2.16. The molecule has 0 saturated carbocycles. The second-order valence-electron chi connectivity index (χ2n) is 6.59. The molecule has 0 unspecified atom stereocenters. The third-order valence-corrected chi connectivity index (χ3v) is 4.64. The van der Waals surface area contributed by atoms with E-state index in [0.717, 1.165) is 42.3 Å². The molecule has 2 aromatic carbocycles. The van der Waals surface area contributed by atoms with Gasteiger partial charge in [0.15, 0.2) is 0 Å². The molecule has 4 rings (SSSR count). The van der Waals surface area contributed by atoms with Crippen molar-refractivity contribution in [3.05, 3.63) is 84.3 Å². The Labute approximate surface area is 164 Å². The summed E-state index contributed by atoms with van der Waals surface area (Å²) in [6.07, 6.45) is 6.46. The first-order valence-corrected chi connectivity index (χ1v) is 9.33. The van der Waals surface area contributed by atoms with Crippen LogP contribution in [0, 0.1) is 0 Å². The maximum Gasteiger partial charge on any atom is 0.145 e. The van der Waals surface area contributed by atoms with Gasteiger partial charge in [-0.3, -0.25) is 4.98 Å². The minimum absolute atomic E-state index is 0.738. The highest BCUT2D eigenvalue weighted by Crippen LogP contribution is 2.24. The van der Waals surface area contributed by atoms with Gasteiger partial charge >= 0.3 is 0 Å². The Morgan fingerprint density at radius 2 is 1.93 bits per heavy atom. The maximum absolute atomic E-state index is 5.85. The van der Waals surface area contributed by atoms with Gasteiger partial charge in [-0.15, -0.1) is 0 Å².